The lowest BCUT2D eigenvalue weighted by molar-refractivity contribution is 0.481. The molecule has 5 heteroatoms. The first-order chi connectivity index (χ1) is 6.49. The predicted molar refractivity (Wildman–Crippen MR) is 74.2 cm³/mol. The summed E-state index contributed by atoms with van der Waals surface area (Å²) in [6, 6.07) is -1.59. The van der Waals surface area contributed by atoms with Crippen LogP contribution in [0.25, 0.3) is 0 Å². The van der Waals surface area contributed by atoms with Gasteiger partial charge in [0.25, 0.3) is 0 Å². The van der Waals surface area contributed by atoms with E-state index in [0.29, 0.717) is 5.92 Å². The van der Waals surface area contributed by atoms with E-state index in [1.165, 1.54) is 25.7 Å². The average Bonchev–Trinajstić information content (AvgIpc) is 2.08. The molecule has 1 atom stereocenters. The fraction of sp³-hybridized carbons (Fsp3) is 1.00. The first-order valence-corrected chi connectivity index (χ1v) is 11.0. The molecule has 1 unspecified atom stereocenters. The molecule has 0 aliphatic heterocycles. The molecule has 0 fully saturated rings. The summed E-state index contributed by atoms with van der Waals surface area (Å²) < 4.78 is 0. The van der Waals surface area contributed by atoms with Gasteiger partial charge in [0, 0.05) is 0 Å². The van der Waals surface area contributed by atoms with E-state index in [2.05, 4.69) is 19.6 Å². The number of halogens is 3. The van der Waals surface area contributed by atoms with Crippen molar-refractivity contribution in [3.8, 4) is 0 Å². The molecule has 0 rings (SSSR count). The minimum atomic E-state index is -2.41. The highest BCUT2D eigenvalue weighted by Gasteiger charge is 2.28. The van der Waals surface area contributed by atoms with Gasteiger partial charge in [-0.15, -0.1) is 33.2 Å². The maximum atomic E-state index is 5.90. The molecule has 0 aromatic heterocycles. The van der Waals surface area contributed by atoms with E-state index in [-0.39, 0.29) is 0 Å². The Hall–Kier alpha value is 1.44. The second-order valence-corrected chi connectivity index (χ2v) is 13.3. The van der Waals surface area contributed by atoms with Gasteiger partial charge in [0.1, 0.15) is 0 Å². The lowest BCUT2D eigenvalue weighted by Crippen LogP contribution is -2.15. The molecule has 0 heterocycles. The molecular weight excluding hydrogens is 275 g/mol. The van der Waals surface area contributed by atoms with Gasteiger partial charge < -0.3 is 0 Å². The van der Waals surface area contributed by atoms with Gasteiger partial charge in [0.2, 0.25) is 0 Å². The monoisotopic (exact) mass is 292 g/mol. The molecule has 0 saturated heterocycles. The van der Waals surface area contributed by atoms with Crippen molar-refractivity contribution in [1.29, 1.82) is 0 Å². The number of hydrogen-bond acceptors (Lipinski definition) is 1. The van der Waals surface area contributed by atoms with Crippen molar-refractivity contribution < 1.29 is 0 Å². The van der Waals surface area contributed by atoms with Gasteiger partial charge in [-0.3, -0.25) is 0 Å². The fourth-order valence-electron chi connectivity index (χ4n) is 1.50. The summed E-state index contributed by atoms with van der Waals surface area (Å²) in [5.41, 5.74) is 0. The third-order valence-electron chi connectivity index (χ3n) is 2.37. The van der Waals surface area contributed by atoms with Crippen molar-refractivity contribution in [2.45, 2.75) is 45.1 Å². The summed E-state index contributed by atoms with van der Waals surface area (Å²) >= 11 is 21.9. The summed E-state index contributed by atoms with van der Waals surface area (Å²) in [6.45, 7) is 2.17. The maximum Gasteiger partial charge on any atom is 0.341 e. The Morgan fingerprint density at radius 1 is 1.14 bits per heavy atom. The molecule has 0 aliphatic carbocycles. The Kier molecular flexibility index (Phi) is 9.45. The van der Waals surface area contributed by atoms with Crippen LogP contribution in [-0.2, 0) is 0 Å². The molecule has 0 aromatic carbocycles. The van der Waals surface area contributed by atoms with Gasteiger partial charge in [-0.25, -0.2) is 0 Å². The van der Waals surface area contributed by atoms with Crippen molar-refractivity contribution in [3.63, 3.8) is 0 Å². The summed E-state index contributed by atoms with van der Waals surface area (Å²) in [6.07, 6.45) is 6.02. The van der Waals surface area contributed by atoms with Crippen molar-refractivity contribution >= 4 is 51.9 Å². The molecule has 0 aromatic rings. The summed E-state index contributed by atoms with van der Waals surface area (Å²) in [7, 11) is 0. The van der Waals surface area contributed by atoms with Gasteiger partial charge in [0.05, 0.1) is 0 Å². The quantitative estimate of drug-likeness (QED) is 0.272. The average molecular weight is 294 g/mol. The maximum absolute atomic E-state index is 5.90. The van der Waals surface area contributed by atoms with E-state index >= 15 is 0 Å². The molecule has 0 spiro atoms. The van der Waals surface area contributed by atoms with Crippen LogP contribution in [0, 0.1) is 5.92 Å². The Morgan fingerprint density at radius 2 is 1.79 bits per heavy atom. The van der Waals surface area contributed by atoms with Crippen LogP contribution in [0.15, 0.2) is 0 Å². The molecular formula is C9H19Cl3SSi. The highest BCUT2D eigenvalue weighted by atomic mass is 35.8. The zero-order chi connectivity index (χ0) is 11.0. The SMILES string of the molecule is CCC(CCCCCS)C[Si](Cl)(Cl)Cl. The van der Waals surface area contributed by atoms with E-state index < -0.39 is 6.00 Å². The largest absolute Gasteiger partial charge is 0.341 e. The second-order valence-electron chi connectivity index (χ2n) is 3.67. The molecule has 0 nitrogen and oxygen atoms in total. The fourth-order valence-corrected chi connectivity index (χ4v) is 4.83. The van der Waals surface area contributed by atoms with Crippen LogP contribution in [0.4, 0.5) is 0 Å². The highest BCUT2D eigenvalue weighted by Crippen LogP contribution is 2.32. The normalized spacial score (nSPS) is 14.4. The molecule has 0 amide bonds. The van der Waals surface area contributed by atoms with E-state index in [1.807, 2.05) is 0 Å². The van der Waals surface area contributed by atoms with Crippen molar-refractivity contribution in [1.82, 2.24) is 0 Å². The zero-order valence-corrected chi connectivity index (χ0v) is 12.8. The lowest BCUT2D eigenvalue weighted by Gasteiger charge is -2.17. The van der Waals surface area contributed by atoms with Crippen LogP contribution in [0.5, 0.6) is 0 Å². The number of rotatable bonds is 8. The topological polar surface area (TPSA) is 0 Å². The van der Waals surface area contributed by atoms with Crippen molar-refractivity contribution in [2.24, 2.45) is 5.92 Å². The van der Waals surface area contributed by atoms with E-state index in [1.54, 1.807) is 0 Å². The highest BCUT2D eigenvalue weighted by molar-refractivity contribution is 7.80. The van der Waals surface area contributed by atoms with Crippen LogP contribution in [-0.4, -0.2) is 11.8 Å². The Labute approximate surface area is 108 Å². The molecule has 0 radical (unpaired) electrons. The van der Waals surface area contributed by atoms with E-state index in [0.717, 1.165) is 18.2 Å². The van der Waals surface area contributed by atoms with E-state index in [9.17, 15) is 0 Å². The summed E-state index contributed by atoms with van der Waals surface area (Å²) in [5, 5.41) is 0. The van der Waals surface area contributed by atoms with Gasteiger partial charge in [-0.1, -0.05) is 32.6 Å². The second kappa shape index (κ2) is 8.57. The Balaban J connectivity index is 3.58. The molecule has 86 valence electrons. The molecule has 0 saturated carbocycles. The third kappa shape index (κ3) is 9.97. The first kappa shape index (κ1) is 15.4. The number of thiol groups is 1. The number of hydrogen-bond donors (Lipinski definition) is 1. The van der Waals surface area contributed by atoms with Crippen LogP contribution >= 0.6 is 45.9 Å². The third-order valence-corrected chi connectivity index (χ3v) is 5.11. The van der Waals surface area contributed by atoms with Crippen molar-refractivity contribution in [2.75, 3.05) is 5.75 Å². The molecule has 0 aliphatic rings. The first-order valence-electron chi connectivity index (χ1n) is 5.17. The minimum absolute atomic E-state index is 0.606. The van der Waals surface area contributed by atoms with Gasteiger partial charge >= 0.3 is 6.00 Å². The van der Waals surface area contributed by atoms with Crippen LogP contribution < -0.4 is 0 Å². The van der Waals surface area contributed by atoms with Gasteiger partial charge in [0.15, 0.2) is 0 Å². The van der Waals surface area contributed by atoms with Crippen LogP contribution in [0.3, 0.4) is 0 Å². The van der Waals surface area contributed by atoms with Crippen LogP contribution in [0.1, 0.15) is 39.0 Å². The summed E-state index contributed by atoms with van der Waals surface area (Å²) in [5.74, 6) is 1.59. The van der Waals surface area contributed by atoms with Crippen LogP contribution in [0.2, 0.25) is 6.04 Å². The Bertz CT molecular complexity index is 139. The Morgan fingerprint density at radius 3 is 2.21 bits per heavy atom. The predicted octanol–water partition coefficient (Wildman–Crippen LogP) is 5.16. The zero-order valence-electron chi connectivity index (χ0n) is 8.61. The van der Waals surface area contributed by atoms with Crippen molar-refractivity contribution in [3.05, 3.63) is 0 Å². The lowest BCUT2D eigenvalue weighted by atomic mass is 10.0. The number of unbranched alkanes of at least 4 members (excludes halogenated alkanes) is 2. The van der Waals surface area contributed by atoms with E-state index in [4.69, 9.17) is 33.2 Å². The van der Waals surface area contributed by atoms with Gasteiger partial charge in [-0.05, 0) is 24.1 Å². The molecule has 14 heavy (non-hydrogen) atoms. The molecule has 0 bridgehead atoms. The minimum Gasteiger partial charge on any atom is -0.179 e. The molecule has 0 N–H and O–H groups in total. The van der Waals surface area contributed by atoms with Gasteiger partial charge in [-0.2, -0.15) is 12.6 Å². The smallest absolute Gasteiger partial charge is 0.179 e. The summed E-state index contributed by atoms with van der Waals surface area (Å²) in [4.78, 5) is 0. The standard InChI is InChI=1S/C9H19Cl3SSi/c1-2-9(8-14(10,11)12)6-4-3-5-7-13/h9,13H,2-8H2,1H3.